The molecule has 0 aromatic heterocycles. The van der Waals surface area contributed by atoms with Crippen LogP contribution in [0.25, 0.3) is 0 Å². The first kappa shape index (κ1) is 11.7. The molecule has 1 aliphatic rings. The molecule has 0 radical (unpaired) electrons. The van der Waals surface area contributed by atoms with Gasteiger partial charge in [0.05, 0.1) is 11.6 Å². The third kappa shape index (κ3) is 2.18. The first-order valence-electron chi connectivity index (χ1n) is 5.85. The van der Waals surface area contributed by atoms with E-state index in [2.05, 4.69) is 6.07 Å². The fourth-order valence-corrected chi connectivity index (χ4v) is 2.34. The van der Waals surface area contributed by atoms with Crippen LogP contribution in [-0.4, -0.2) is 6.61 Å². The summed E-state index contributed by atoms with van der Waals surface area (Å²) in [6, 6.07) is 4.09. The molecule has 0 heterocycles. The topological polar surface area (TPSA) is 35.2 Å². The molecule has 2 N–H and O–H groups in total. The van der Waals surface area contributed by atoms with E-state index in [1.54, 1.807) is 0 Å². The summed E-state index contributed by atoms with van der Waals surface area (Å²) in [5.74, 6) is 1.49. The van der Waals surface area contributed by atoms with Crippen LogP contribution in [0, 0.1) is 0 Å². The van der Waals surface area contributed by atoms with Gasteiger partial charge in [0.25, 0.3) is 0 Å². The molecule has 0 amide bonds. The Morgan fingerprint density at radius 2 is 2.19 bits per heavy atom. The van der Waals surface area contributed by atoms with Gasteiger partial charge < -0.3 is 10.5 Å². The van der Waals surface area contributed by atoms with Gasteiger partial charge in [-0.05, 0) is 43.7 Å². The van der Waals surface area contributed by atoms with E-state index >= 15 is 0 Å². The Balaban J connectivity index is 2.44. The molecular formula is C13H18ClNO. The number of hydrogen-bond acceptors (Lipinski definition) is 2. The highest BCUT2D eigenvalue weighted by atomic mass is 35.5. The van der Waals surface area contributed by atoms with Crippen molar-refractivity contribution in [2.75, 3.05) is 6.61 Å². The van der Waals surface area contributed by atoms with Gasteiger partial charge in [0, 0.05) is 6.04 Å². The quantitative estimate of drug-likeness (QED) is 0.871. The van der Waals surface area contributed by atoms with Gasteiger partial charge in [-0.1, -0.05) is 23.7 Å². The van der Waals surface area contributed by atoms with Gasteiger partial charge in [0.15, 0.2) is 0 Å². The van der Waals surface area contributed by atoms with Crippen LogP contribution in [-0.2, 0) is 0 Å². The molecule has 0 spiro atoms. The van der Waals surface area contributed by atoms with Gasteiger partial charge >= 0.3 is 0 Å². The van der Waals surface area contributed by atoms with Crippen LogP contribution in [0.2, 0.25) is 5.02 Å². The summed E-state index contributed by atoms with van der Waals surface area (Å²) in [5.41, 5.74) is 8.10. The van der Waals surface area contributed by atoms with Gasteiger partial charge in [-0.3, -0.25) is 0 Å². The summed E-state index contributed by atoms with van der Waals surface area (Å²) in [4.78, 5) is 0. The molecular weight excluding hydrogens is 222 g/mol. The van der Waals surface area contributed by atoms with E-state index in [1.165, 1.54) is 18.4 Å². The Bertz CT molecular complexity index is 386. The van der Waals surface area contributed by atoms with Crippen LogP contribution in [0.5, 0.6) is 5.75 Å². The molecule has 88 valence electrons. The second-order valence-corrected chi connectivity index (χ2v) is 4.76. The van der Waals surface area contributed by atoms with Crippen LogP contribution in [0.3, 0.4) is 0 Å². The SMILES string of the molecule is CCOc1c(C2CC2)ccc([C@@H](C)N)c1Cl. The molecule has 1 fully saturated rings. The highest BCUT2D eigenvalue weighted by molar-refractivity contribution is 6.33. The lowest BCUT2D eigenvalue weighted by molar-refractivity contribution is 0.336. The zero-order valence-corrected chi connectivity index (χ0v) is 10.6. The summed E-state index contributed by atoms with van der Waals surface area (Å²) in [7, 11) is 0. The minimum atomic E-state index is -0.0556. The van der Waals surface area contributed by atoms with Crippen LogP contribution < -0.4 is 10.5 Å². The first-order valence-corrected chi connectivity index (χ1v) is 6.23. The normalized spacial score (nSPS) is 17.2. The number of halogens is 1. The molecule has 1 atom stereocenters. The van der Waals surface area contributed by atoms with Crippen LogP contribution >= 0.6 is 11.6 Å². The van der Waals surface area contributed by atoms with Crippen molar-refractivity contribution in [3.63, 3.8) is 0 Å². The van der Waals surface area contributed by atoms with Crippen molar-refractivity contribution < 1.29 is 4.74 Å². The Kier molecular flexibility index (Phi) is 3.41. The van der Waals surface area contributed by atoms with Crippen LogP contribution in [0.15, 0.2) is 12.1 Å². The predicted octanol–water partition coefficient (Wildman–Crippen LogP) is 3.64. The summed E-state index contributed by atoms with van der Waals surface area (Å²) in [6.45, 7) is 4.56. The summed E-state index contributed by atoms with van der Waals surface area (Å²) < 4.78 is 5.67. The molecule has 0 bridgehead atoms. The number of hydrogen-bond donors (Lipinski definition) is 1. The molecule has 1 aliphatic carbocycles. The lowest BCUT2D eigenvalue weighted by atomic mass is 10.0. The Hall–Kier alpha value is -0.730. The van der Waals surface area contributed by atoms with Crippen molar-refractivity contribution in [2.24, 2.45) is 5.73 Å². The zero-order chi connectivity index (χ0) is 11.7. The number of ether oxygens (including phenoxy) is 1. The largest absolute Gasteiger partial charge is 0.492 e. The van der Waals surface area contributed by atoms with E-state index < -0.39 is 0 Å². The predicted molar refractivity (Wildman–Crippen MR) is 67.2 cm³/mol. The molecule has 1 aromatic carbocycles. The van der Waals surface area contributed by atoms with E-state index in [4.69, 9.17) is 22.1 Å². The van der Waals surface area contributed by atoms with Crippen LogP contribution in [0.4, 0.5) is 0 Å². The molecule has 1 aromatic rings. The van der Waals surface area contributed by atoms with E-state index in [1.807, 2.05) is 19.9 Å². The molecule has 0 saturated heterocycles. The summed E-state index contributed by atoms with van der Waals surface area (Å²) in [5, 5.41) is 0.696. The van der Waals surface area contributed by atoms with Gasteiger partial charge in [-0.2, -0.15) is 0 Å². The second kappa shape index (κ2) is 4.64. The van der Waals surface area contributed by atoms with E-state index in [9.17, 15) is 0 Å². The highest BCUT2D eigenvalue weighted by Crippen LogP contribution is 2.47. The van der Waals surface area contributed by atoms with Gasteiger partial charge in [0.2, 0.25) is 0 Å². The average molecular weight is 240 g/mol. The fraction of sp³-hybridized carbons (Fsp3) is 0.538. The Labute approximate surface area is 102 Å². The lowest BCUT2D eigenvalue weighted by Gasteiger charge is -2.16. The maximum Gasteiger partial charge on any atom is 0.141 e. The van der Waals surface area contributed by atoms with Crippen molar-refractivity contribution in [1.29, 1.82) is 0 Å². The number of nitrogens with two attached hydrogens (primary N) is 1. The zero-order valence-electron chi connectivity index (χ0n) is 9.79. The Morgan fingerprint density at radius 3 is 2.69 bits per heavy atom. The monoisotopic (exact) mass is 239 g/mol. The molecule has 0 unspecified atom stereocenters. The summed E-state index contributed by atoms with van der Waals surface area (Å²) in [6.07, 6.45) is 2.49. The van der Waals surface area contributed by atoms with Crippen molar-refractivity contribution in [2.45, 2.75) is 38.6 Å². The van der Waals surface area contributed by atoms with E-state index in [-0.39, 0.29) is 6.04 Å². The van der Waals surface area contributed by atoms with E-state index in [0.29, 0.717) is 17.5 Å². The third-order valence-electron chi connectivity index (χ3n) is 2.95. The second-order valence-electron chi connectivity index (χ2n) is 4.38. The van der Waals surface area contributed by atoms with Gasteiger partial charge in [0.1, 0.15) is 5.75 Å². The molecule has 2 rings (SSSR count). The lowest BCUT2D eigenvalue weighted by Crippen LogP contribution is -2.07. The summed E-state index contributed by atoms with van der Waals surface area (Å²) >= 11 is 6.35. The third-order valence-corrected chi connectivity index (χ3v) is 3.34. The number of rotatable bonds is 4. The molecule has 3 heteroatoms. The standard InChI is InChI=1S/C13H18ClNO/c1-3-16-13-11(9-4-5-9)7-6-10(8(2)15)12(13)14/h6-9H,3-5,15H2,1-2H3/t8-/m1/s1. The minimum absolute atomic E-state index is 0.0556. The average Bonchev–Trinajstić information content (AvgIpc) is 3.04. The van der Waals surface area contributed by atoms with Gasteiger partial charge in [-0.25, -0.2) is 0 Å². The van der Waals surface area contributed by atoms with Crippen molar-refractivity contribution in [3.8, 4) is 5.75 Å². The minimum Gasteiger partial charge on any atom is -0.492 e. The van der Waals surface area contributed by atoms with Crippen molar-refractivity contribution in [3.05, 3.63) is 28.3 Å². The maximum atomic E-state index is 6.35. The Morgan fingerprint density at radius 1 is 1.50 bits per heavy atom. The van der Waals surface area contributed by atoms with Gasteiger partial charge in [-0.15, -0.1) is 0 Å². The molecule has 1 saturated carbocycles. The first-order chi connectivity index (χ1) is 7.65. The smallest absolute Gasteiger partial charge is 0.141 e. The maximum absolute atomic E-state index is 6.35. The molecule has 0 aliphatic heterocycles. The molecule has 16 heavy (non-hydrogen) atoms. The fourth-order valence-electron chi connectivity index (χ4n) is 1.94. The highest BCUT2D eigenvalue weighted by Gasteiger charge is 2.29. The van der Waals surface area contributed by atoms with Crippen LogP contribution in [0.1, 0.15) is 49.8 Å². The van der Waals surface area contributed by atoms with Crippen molar-refractivity contribution in [1.82, 2.24) is 0 Å². The molecule has 2 nitrogen and oxygen atoms in total. The number of benzene rings is 1. The van der Waals surface area contributed by atoms with Crippen molar-refractivity contribution >= 4 is 11.6 Å². The van der Waals surface area contributed by atoms with E-state index in [0.717, 1.165) is 11.3 Å².